The Balaban J connectivity index is 2.01. The van der Waals surface area contributed by atoms with Crippen molar-refractivity contribution in [1.82, 2.24) is 0 Å². The Kier molecular flexibility index (Phi) is 2.17. The van der Waals surface area contributed by atoms with Gasteiger partial charge in [-0.15, -0.1) is 0 Å². The molecule has 1 radical (unpaired) electrons. The predicted molar refractivity (Wildman–Crippen MR) is 77.2 cm³/mol. The minimum absolute atomic E-state index is 0.307. The van der Waals surface area contributed by atoms with Crippen molar-refractivity contribution < 1.29 is 0 Å². The summed E-state index contributed by atoms with van der Waals surface area (Å²) in [4.78, 5) is 0. The van der Waals surface area contributed by atoms with Gasteiger partial charge in [0, 0.05) is 5.41 Å². The van der Waals surface area contributed by atoms with Crippen molar-refractivity contribution >= 4 is 18.2 Å². The van der Waals surface area contributed by atoms with E-state index in [1.54, 1.807) is 11.1 Å². The van der Waals surface area contributed by atoms with Crippen LogP contribution in [0.3, 0.4) is 0 Å². The largest absolute Gasteiger partial charge is 0.192 e. The van der Waals surface area contributed by atoms with Gasteiger partial charge in [0.1, 0.15) is 0 Å². The molecule has 1 saturated carbocycles. The van der Waals surface area contributed by atoms with Crippen molar-refractivity contribution in [2.24, 2.45) is 0 Å². The first-order chi connectivity index (χ1) is 8.90. The second kappa shape index (κ2) is 3.75. The first kappa shape index (κ1) is 10.4. The Hall–Kier alpha value is -1.50. The highest BCUT2D eigenvalue weighted by atomic mass is 14.4. The molecule has 0 N–H and O–H groups in total. The molecule has 2 aromatic carbocycles. The van der Waals surface area contributed by atoms with E-state index in [4.69, 9.17) is 0 Å². The number of benzene rings is 2. The van der Waals surface area contributed by atoms with Crippen LogP contribution in [0, 0.1) is 0 Å². The lowest BCUT2D eigenvalue weighted by Crippen LogP contribution is -2.47. The van der Waals surface area contributed by atoms with Gasteiger partial charge in [-0.2, -0.15) is 0 Å². The average molecular weight is 231 g/mol. The maximum atomic E-state index is 2.36. The van der Waals surface area contributed by atoms with E-state index in [2.05, 4.69) is 55.8 Å². The average Bonchev–Trinajstić information content (AvgIpc) is 2.90. The molecular weight excluding hydrogens is 215 g/mol. The van der Waals surface area contributed by atoms with Gasteiger partial charge < -0.3 is 0 Å². The van der Waals surface area contributed by atoms with Crippen molar-refractivity contribution in [1.29, 1.82) is 0 Å². The van der Waals surface area contributed by atoms with Gasteiger partial charge in [0.2, 0.25) is 0 Å². The van der Waals surface area contributed by atoms with Crippen LogP contribution in [0.4, 0.5) is 0 Å². The van der Waals surface area contributed by atoms with E-state index in [-0.39, 0.29) is 0 Å². The minimum Gasteiger partial charge on any atom is -0.0774 e. The Morgan fingerprint density at radius 3 is 1.78 bits per heavy atom. The van der Waals surface area contributed by atoms with Gasteiger partial charge >= 0.3 is 0 Å². The molecular formula is C17H16B. The summed E-state index contributed by atoms with van der Waals surface area (Å²) in [6, 6.07) is 17.9. The van der Waals surface area contributed by atoms with Gasteiger partial charge in [-0.25, -0.2) is 0 Å². The summed E-state index contributed by atoms with van der Waals surface area (Å²) in [5.74, 6) is 0. The van der Waals surface area contributed by atoms with Crippen LogP contribution in [-0.4, -0.2) is 7.28 Å². The summed E-state index contributed by atoms with van der Waals surface area (Å²) in [6.07, 6.45) is 5.36. The van der Waals surface area contributed by atoms with Crippen LogP contribution in [0.25, 0.3) is 0 Å². The smallest absolute Gasteiger partial charge is 0.0774 e. The highest BCUT2D eigenvalue weighted by Gasteiger charge is 2.42. The predicted octanol–water partition coefficient (Wildman–Crippen LogP) is 2.52. The third kappa shape index (κ3) is 1.28. The highest BCUT2D eigenvalue weighted by molar-refractivity contribution is 6.69. The van der Waals surface area contributed by atoms with E-state index < -0.39 is 0 Å². The number of hydrogen-bond acceptors (Lipinski definition) is 0. The molecule has 2 aliphatic rings. The molecule has 87 valence electrons. The maximum Gasteiger partial charge on any atom is 0.192 e. The minimum atomic E-state index is 0.307. The van der Waals surface area contributed by atoms with E-state index >= 15 is 0 Å². The zero-order valence-corrected chi connectivity index (χ0v) is 10.5. The van der Waals surface area contributed by atoms with Gasteiger partial charge in [-0.3, -0.25) is 0 Å². The van der Waals surface area contributed by atoms with Crippen molar-refractivity contribution in [2.75, 3.05) is 0 Å². The molecule has 0 unspecified atom stereocenters. The molecule has 1 aliphatic heterocycles. The van der Waals surface area contributed by atoms with Crippen LogP contribution in [0.1, 0.15) is 36.8 Å². The first-order valence-corrected chi connectivity index (χ1v) is 6.94. The maximum absolute atomic E-state index is 2.36. The van der Waals surface area contributed by atoms with E-state index in [1.807, 2.05) is 0 Å². The molecule has 1 spiro atoms. The summed E-state index contributed by atoms with van der Waals surface area (Å²) >= 11 is 0. The fourth-order valence-corrected chi connectivity index (χ4v) is 3.95. The van der Waals surface area contributed by atoms with Gasteiger partial charge in [-0.1, -0.05) is 72.3 Å². The van der Waals surface area contributed by atoms with Crippen LogP contribution < -0.4 is 10.9 Å². The zero-order valence-electron chi connectivity index (χ0n) is 10.5. The second-order valence-corrected chi connectivity index (χ2v) is 5.61. The van der Waals surface area contributed by atoms with E-state index in [0.29, 0.717) is 5.41 Å². The van der Waals surface area contributed by atoms with Gasteiger partial charge in [0.25, 0.3) is 0 Å². The summed E-state index contributed by atoms with van der Waals surface area (Å²) in [5.41, 5.74) is 6.28. The van der Waals surface area contributed by atoms with Gasteiger partial charge in [-0.05, 0) is 24.0 Å². The molecule has 1 fully saturated rings. The Morgan fingerprint density at radius 2 is 1.22 bits per heavy atom. The SMILES string of the molecule is [B]1c2ccccc2C2(CCCC2)c2ccccc21. The molecule has 1 aliphatic carbocycles. The molecule has 0 amide bonds. The van der Waals surface area contributed by atoms with E-state index in [0.717, 1.165) is 0 Å². The fourth-order valence-electron chi connectivity index (χ4n) is 3.95. The lowest BCUT2D eigenvalue weighted by atomic mass is 9.50. The third-order valence-electron chi connectivity index (χ3n) is 4.72. The van der Waals surface area contributed by atoms with E-state index in [1.165, 1.54) is 36.6 Å². The van der Waals surface area contributed by atoms with Crippen LogP contribution in [0.15, 0.2) is 48.5 Å². The molecule has 1 heterocycles. The summed E-state index contributed by atoms with van der Waals surface area (Å²) in [5, 5.41) is 0. The van der Waals surface area contributed by atoms with Crippen molar-refractivity contribution in [3.8, 4) is 0 Å². The van der Waals surface area contributed by atoms with E-state index in [9.17, 15) is 0 Å². The lowest BCUT2D eigenvalue weighted by Gasteiger charge is -2.38. The van der Waals surface area contributed by atoms with Crippen molar-refractivity contribution in [2.45, 2.75) is 31.1 Å². The molecule has 0 saturated heterocycles. The van der Waals surface area contributed by atoms with Gasteiger partial charge in [0.05, 0.1) is 0 Å². The lowest BCUT2D eigenvalue weighted by molar-refractivity contribution is 0.539. The Labute approximate surface area is 109 Å². The monoisotopic (exact) mass is 231 g/mol. The molecule has 18 heavy (non-hydrogen) atoms. The molecule has 0 aromatic heterocycles. The molecule has 4 rings (SSSR count). The number of fused-ring (bicyclic) bond motifs is 4. The standard InChI is InChI=1S/C17H16B/c1-3-9-15-13(7-1)17(11-5-6-12-17)14-8-2-4-10-16(14)18-15/h1-4,7-10H,5-6,11-12H2. The highest BCUT2D eigenvalue weighted by Crippen LogP contribution is 2.46. The third-order valence-corrected chi connectivity index (χ3v) is 4.72. The summed E-state index contributed by atoms with van der Waals surface area (Å²) in [6.45, 7) is 0. The van der Waals surface area contributed by atoms with Crippen molar-refractivity contribution in [3.05, 3.63) is 59.7 Å². The molecule has 1 heteroatoms. The van der Waals surface area contributed by atoms with Crippen LogP contribution in [-0.2, 0) is 5.41 Å². The normalized spacial score (nSPS) is 19.1. The molecule has 2 aromatic rings. The number of rotatable bonds is 0. The topological polar surface area (TPSA) is 0 Å². The first-order valence-electron chi connectivity index (χ1n) is 6.94. The molecule has 0 bridgehead atoms. The molecule has 0 nitrogen and oxygen atoms in total. The quantitative estimate of drug-likeness (QED) is 0.611. The van der Waals surface area contributed by atoms with Crippen LogP contribution in [0.2, 0.25) is 0 Å². The second-order valence-electron chi connectivity index (χ2n) is 5.61. The van der Waals surface area contributed by atoms with Crippen LogP contribution in [0.5, 0.6) is 0 Å². The fraction of sp³-hybridized carbons (Fsp3) is 0.294. The van der Waals surface area contributed by atoms with Crippen LogP contribution >= 0.6 is 0 Å². The summed E-state index contributed by atoms with van der Waals surface area (Å²) < 4.78 is 0. The Bertz CT molecular complexity index is 547. The van der Waals surface area contributed by atoms with Crippen molar-refractivity contribution in [3.63, 3.8) is 0 Å². The van der Waals surface area contributed by atoms with Gasteiger partial charge in [0.15, 0.2) is 7.28 Å². The Morgan fingerprint density at radius 1 is 0.722 bits per heavy atom. The molecule has 0 atom stereocenters. The zero-order chi connectivity index (χ0) is 12.0. The number of hydrogen-bond donors (Lipinski definition) is 0. The summed E-state index contributed by atoms with van der Waals surface area (Å²) in [7, 11) is 2.36.